The predicted octanol–water partition coefficient (Wildman–Crippen LogP) is 4.71. The number of rotatable bonds is 12. The summed E-state index contributed by atoms with van der Waals surface area (Å²) in [5.74, 6) is -0.615. The Balaban J connectivity index is 1.09. The Morgan fingerprint density at radius 3 is 2.27 bits per heavy atom. The molecule has 2 amide bonds. The molecule has 48 heavy (non-hydrogen) atoms. The van der Waals surface area contributed by atoms with E-state index < -0.39 is 12.2 Å². The predicted molar refractivity (Wildman–Crippen MR) is 179 cm³/mol. The maximum absolute atomic E-state index is 12.8. The molecule has 3 aromatic carbocycles. The van der Waals surface area contributed by atoms with E-state index in [1.807, 2.05) is 77.4 Å². The van der Waals surface area contributed by atoms with Gasteiger partial charge in [-0.3, -0.25) is 19.4 Å². The van der Waals surface area contributed by atoms with Gasteiger partial charge in [-0.05, 0) is 61.1 Å². The molecule has 12 heteroatoms. The highest BCUT2D eigenvalue weighted by atomic mass is 16.7. The summed E-state index contributed by atoms with van der Waals surface area (Å²) >= 11 is 0. The number of carbonyl (C=O) groups is 2. The summed E-state index contributed by atoms with van der Waals surface area (Å²) in [7, 11) is 0. The second-order valence-corrected chi connectivity index (χ2v) is 12.6. The Bertz CT molecular complexity index is 1730. The van der Waals surface area contributed by atoms with Gasteiger partial charge in [-0.25, -0.2) is 10.3 Å². The molecule has 2 saturated heterocycles. The molecule has 0 radical (unpaired) electrons. The topological polar surface area (TPSA) is 158 Å². The van der Waals surface area contributed by atoms with Crippen LogP contribution >= 0.6 is 0 Å². The SMILES string of the molecule is O=C(CCCCC(=O)Nc1ccc([C@H]2O[C@@H](CN3CCC(n4c(=O)[nH]c5ccccc54)CC3)C[C@@H](c3ccc(CO)cc3)O2)cc1)NO. The van der Waals surface area contributed by atoms with Crippen molar-refractivity contribution in [2.45, 2.75) is 76.1 Å². The van der Waals surface area contributed by atoms with Gasteiger partial charge < -0.3 is 29.8 Å². The number of benzene rings is 3. The maximum Gasteiger partial charge on any atom is 0.326 e. The zero-order valence-corrected chi connectivity index (χ0v) is 26.8. The lowest BCUT2D eigenvalue weighted by atomic mass is 9.98. The summed E-state index contributed by atoms with van der Waals surface area (Å²) in [4.78, 5) is 41.7. The van der Waals surface area contributed by atoms with E-state index in [1.54, 1.807) is 5.48 Å². The van der Waals surface area contributed by atoms with Crippen LogP contribution in [0.5, 0.6) is 0 Å². The Morgan fingerprint density at radius 2 is 1.56 bits per heavy atom. The van der Waals surface area contributed by atoms with Crippen molar-refractivity contribution >= 4 is 28.5 Å². The quantitative estimate of drug-likeness (QED) is 0.0833. The molecule has 0 saturated carbocycles. The van der Waals surface area contributed by atoms with Crippen LogP contribution in [0.1, 0.15) is 80.1 Å². The van der Waals surface area contributed by atoms with Gasteiger partial charge in [0, 0.05) is 56.2 Å². The minimum absolute atomic E-state index is 0.0233. The molecule has 1 aromatic heterocycles. The van der Waals surface area contributed by atoms with Crippen molar-refractivity contribution in [2.75, 3.05) is 25.0 Å². The lowest BCUT2D eigenvalue weighted by Crippen LogP contribution is -2.43. The van der Waals surface area contributed by atoms with Crippen LogP contribution in [-0.2, 0) is 25.7 Å². The number of amides is 2. The number of ether oxygens (including phenoxy) is 2. The van der Waals surface area contributed by atoms with Crippen molar-refractivity contribution in [1.82, 2.24) is 19.9 Å². The first kappa shape index (κ1) is 33.6. The number of anilines is 1. The van der Waals surface area contributed by atoms with Crippen molar-refractivity contribution in [1.29, 1.82) is 0 Å². The molecule has 5 N–H and O–H groups in total. The number of aliphatic hydroxyl groups is 1. The number of H-pyrrole nitrogens is 1. The first-order valence-electron chi connectivity index (χ1n) is 16.6. The van der Waals surface area contributed by atoms with Crippen LogP contribution in [0.25, 0.3) is 11.0 Å². The minimum Gasteiger partial charge on any atom is -0.392 e. The fourth-order valence-corrected chi connectivity index (χ4v) is 6.69. The molecule has 0 unspecified atom stereocenters. The van der Waals surface area contributed by atoms with E-state index in [4.69, 9.17) is 14.7 Å². The van der Waals surface area contributed by atoms with Crippen LogP contribution in [-0.4, -0.2) is 62.3 Å². The lowest BCUT2D eigenvalue weighted by molar-refractivity contribution is -0.253. The molecule has 12 nitrogen and oxygen atoms in total. The van der Waals surface area contributed by atoms with E-state index in [2.05, 4.69) is 15.2 Å². The number of aromatic nitrogens is 2. The number of imidazole rings is 1. The van der Waals surface area contributed by atoms with Gasteiger partial charge in [0.2, 0.25) is 11.8 Å². The molecule has 2 aliphatic heterocycles. The second kappa shape index (κ2) is 15.7. The van der Waals surface area contributed by atoms with E-state index in [1.165, 1.54) is 0 Å². The summed E-state index contributed by atoms with van der Waals surface area (Å²) < 4.78 is 15.0. The van der Waals surface area contributed by atoms with Gasteiger partial charge in [0.15, 0.2) is 6.29 Å². The van der Waals surface area contributed by atoms with Crippen LogP contribution in [0.15, 0.2) is 77.6 Å². The van der Waals surface area contributed by atoms with E-state index in [9.17, 15) is 19.5 Å². The third-order valence-electron chi connectivity index (χ3n) is 9.27. The molecule has 4 aromatic rings. The third-order valence-corrected chi connectivity index (χ3v) is 9.27. The van der Waals surface area contributed by atoms with Crippen LogP contribution in [0.4, 0.5) is 5.69 Å². The van der Waals surface area contributed by atoms with Gasteiger partial charge in [-0.15, -0.1) is 0 Å². The molecule has 3 atom stereocenters. The van der Waals surface area contributed by atoms with E-state index >= 15 is 0 Å². The summed E-state index contributed by atoms with van der Waals surface area (Å²) in [6.07, 6.45) is 2.94. The standard InChI is InChI=1S/C36H43N5O7/c42-23-24-9-11-25(12-10-24)32-21-29(22-40-19-17-28(18-20-40)41-31-6-2-1-5-30(31)38-36(41)45)47-35(48-32)26-13-15-27(16-14-26)37-33(43)7-3-4-8-34(44)39-46/h1-2,5-6,9-16,28-29,32,35,42,46H,3-4,7-8,17-23H2,(H,37,43)(H,38,45)(H,39,44)/t29-,32+,35+/m1/s1. The molecule has 0 bridgehead atoms. The number of piperidine rings is 1. The van der Waals surface area contributed by atoms with Crippen LogP contribution < -0.4 is 16.5 Å². The number of unbranched alkanes of at least 4 members (excludes halogenated alkanes) is 1. The number of aromatic amines is 1. The zero-order valence-electron chi connectivity index (χ0n) is 26.8. The van der Waals surface area contributed by atoms with Crippen molar-refractivity contribution in [3.05, 3.63) is 100.0 Å². The van der Waals surface area contributed by atoms with Crippen LogP contribution in [0.3, 0.4) is 0 Å². The molecular formula is C36H43N5O7. The highest BCUT2D eigenvalue weighted by Crippen LogP contribution is 2.39. The van der Waals surface area contributed by atoms with Gasteiger partial charge in [0.25, 0.3) is 0 Å². The fourth-order valence-electron chi connectivity index (χ4n) is 6.69. The third kappa shape index (κ3) is 8.20. The molecule has 254 valence electrons. The average molecular weight is 658 g/mol. The van der Waals surface area contributed by atoms with Crippen molar-refractivity contribution in [3.8, 4) is 0 Å². The molecule has 2 aliphatic rings. The highest BCUT2D eigenvalue weighted by Gasteiger charge is 2.34. The largest absolute Gasteiger partial charge is 0.392 e. The van der Waals surface area contributed by atoms with Crippen molar-refractivity contribution < 1.29 is 29.4 Å². The summed E-state index contributed by atoms with van der Waals surface area (Å²) in [6.45, 7) is 2.40. The number of carbonyl (C=O) groups excluding carboxylic acids is 2. The molecule has 6 rings (SSSR count). The van der Waals surface area contributed by atoms with E-state index in [0.717, 1.165) is 60.2 Å². The highest BCUT2D eigenvalue weighted by molar-refractivity contribution is 5.90. The number of nitrogens with zero attached hydrogens (tertiary/aromatic N) is 2. The second-order valence-electron chi connectivity index (χ2n) is 12.6. The molecule has 0 spiro atoms. The van der Waals surface area contributed by atoms with Gasteiger partial charge in [-0.1, -0.05) is 48.5 Å². The van der Waals surface area contributed by atoms with E-state index in [0.29, 0.717) is 24.9 Å². The van der Waals surface area contributed by atoms with Gasteiger partial charge in [0.05, 0.1) is 29.8 Å². The summed E-state index contributed by atoms with van der Waals surface area (Å²) in [5.41, 5.74) is 6.68. The van der Waals surface area contributed by atoms with Gasteiger partial charge in [0.1, 0.15) is 0 Å². The number of aliphatic hydroxyl groups excluding tert-OH is 1. The zero-order chi connectivity index (χ0) is 33.5. The molecular weight excluding hydrogens is 614 g/mol. The van der Waals surface area contributed by atoms with Crippen LogP contribution in [0, 0.1) is 0 Å². The molecule has 2 fully saturated rings. The number of hydrogen-bond donors (Lipinski definition) is 5. The monoisotopic (exact) mass is 657 g/mol. The first-order chi connectivity index (χ1) is 23.4. The van der Waals surface area contributed by atoms with Crippen LogP contribution in [0.2, 0.25) is 0 Å². The molecule has 3 heterocycles. The lowest BCUT2D eigenvalue weighted by Gasteiger charge is -2.40. The number of hydrogen-bond acceptors (Lipinski definition) is 8. The minimum atomic E-state index is -0.615. The number of hydroxylamine groups is 1. The fraction of sp³-hybridized carbons (Fsp3) is 0.417. The van der Waals surface area contributed by atoms with Gasteiger partial charge in [-0.2, -0.15) is 0 Å². The molecule has 0 aliphatic carbocycles. The first-order valence-corrected chi connectivity index (χ1v) is 16.6. The summed E-state index contributed by atoms with van der Waals surface area (Å²) in [5, 5.41) is 21.0. The number of fused-ring (bicyclic) bond motifs is 1. The smallest absolute Gasteiger partial charge is 0.326 e. The Labute approximate surface area is 278 Å². The van der Waals surface area contributed by atoms with Crippen molar-refractivity contribution in [3.63, 3.8) is 0 Å². The number of para-hydroxylation sites is 2. The van der Waals surface area contributed by atoms with Gasteiger partial charge >= 0.3 is 5.69 Å². The Kier molecular flexibility index (Phi) is 11.0. The van der Waals surface area contributed by atoms with Crippen molar-refractivity contribution in [2.24, 2.45) is 0 Å². The Hall–Kier alpha value is -4.33. The number of nitrogens with one attached hydrogen (secondary N) is 3. The summed E-state index contributed by atoms with van der Waals surface area (Å²) in [6, 6.07) is 23.2. The van der Waals surface area contributed by atoms with E-state index in [-0.39, 0.29) is 49.3 Å². The average Bonchev–Trinajstić information content (AvgIpc) is 3.46. The maximum atomic E-state index is 12.8. The normalized spacial score (nSPS) is 20.5. The Morgan fingerprint density at radius 1 is 0.875 bits per heavy atom. The number of likely N-dealkylation sites (tertiary alicyclic amines) is 1.